The molecule has 2 aromatic rings. The SMILES string of the molecule is Cl.O=C(NC1NNCC1c1ccc2c(c1)OCO2)c1cn(C2CCNCC2)nn1. The second kappa shape index (κ2) is 8.54. The largest absolute Gasteiger partial charge is 0.454 e. The first-order valence-corrected chi connectivity index (χ1v) is 9.59. The third-order valence-corrected chi connectivity index (χ3v) is 5.52. The Balaban J connectivity index is 0.00000205. The molecule has 0 saturated carbocycles. The first kappa shape index (κ1) is 19.9. The number of hydrogen-bond donors (Lipinski definition) is 4. The monoisotopic (exact) mass is 421 g/mol. The third kappa shape index (κ3) is 4.01. The summed E-state index contributed by atoms with van der Waals surface area (Å²) in [6.45, 7) is 2.85. The van der Waals surface area contributed by atoms with Gasteiger partial charge >= 0.3 is 0 Å². The number of carbonyl (C=O) groups is 1. The molecule has 0 spiro atoms. The number of rotatable bonds is 4. The van der Waals surface area contributed by atoms with Crippen LogP contribution in [0.4, 0.5) is 0 Å². The van der Waals surface area contributed by atoms with Gasteiger partial charge in [0.2, 0.25) is 6.79 Å². The molecular formula is C18H24ClN7O3. The smallest absolute Gasteiger partial charge is 0.274 e. The van der Waals surface area contributed by atoms with Crippen molar-refractivity contribution in [3.63, 3.8) is 0 Å². The number of carbonyl (C=O) groups excluding carboxylic acids is 1. The quantitative estimate of drug-likeness (QED) is 0.557. The molecule has 0 radical (unpaired) electrons. The van der Waals surface area contributed by atoms with E-state index in [1.165, 1.54) is 0 Å². The van der Waals surface area contributed by atoms with E-state index in [1.807, 2.05) is 22.9 Å². The van der Waals surface area contributed by atoms with Crippen LogP contribution in [0.1, 0.15) is 40.9 Å². The molecule has 2 saturated heterocycles. The molecule has 1 amide bonds. The van der Waals surface area contributed by atoms with Gasteiger partial charge in [-0.05, 0) is 43.6 Å². The van der Waals surface area contributed by atoms with Gasteiger partial charge in [-0.2, -0.15) is 0 Å². The second-order valence-corrected chi connectivity index (χ2v) is 7.26. The molecule has 3 aliphatic rings. The number of aromatic nitrogens is 3. The minimum absolute atomic E-state index is 0. The maximum absolute atomic E-state index is 12.7. The summed E-state index contributed by atoms with van der Waals surface area (Å²) in [5.74, 6) is 1.29. The topological polar surface area (TPSA) is 114 Å². The number of fused-ring (bicyclic) bond motifs is 1. The van der Waals surface area contributed by atoms with Crippen molar-refractivity contribution in [2.45, 2.75) is 31.0 Å². The Morgan fingerprint density at radius 3 is 2.90 bits per heavy atom. The van der Waals surface area contributed by atoms with E-state index in [2.05, 4.69) is 31.8 Å². The molecule has 2 unspecified atom stereocenters. The molecule has 2 fully saturated rings. The van der Waals surface area contributed by atoms with Crippen LogP contribution in [-0.4, -0.2) is 53.5 Å². The number of nitrogens with zero attached hydrogens (tertiary/aromatic N) is 3. The van der Waals surface area contributed by atoms with Gasteiger partial charge in [-0.15, -0.1) is 17.5 Å². The van der Waals surface area contributed by atoms with Crippen LogP contribution in [0.2, 0.25) is 0 Å². The number of ether oxygens (including phenoxy) is 2. The van der Waals surface area contributed by atoms with Gasteiger partial charge in [0.05, 0.1) is 12.2 Å². The Labute approximate surface area is 174 Å². The van der Waals surface area contributed by atoms with Crippen LogP contribution in [0.15, 0.2) is 24.4 Å². The van der Waals surface area contributed by atoms with Gasteiger partial charge in [0.1, 0.15) is 6.17 Å². The van der Waals surface area contributed by atoms with Crippen LogP contribution < -0.4 is 31.0 Å². The highest BCUT2D eigenvalue weighted by atomic mass is 35.5. The van der Waals surface area contributed by atoms with Crippen molar-refractivity contribution in [3.05, 3.63) is 35.7 Å². The normalized spacial score (nSPS) is 23.6. The summed E-state index contributed by atoms with van der Waals surface area (Å²) in [7, 11) is 0. The van der Waals surface area contributed by atoms with Crippen LogP contribution in [0.5, 0.6) is 11.5 Å². The van der Waals surface area contributed by atoms with Crippen molar-refractivity contribution >= 4 is 18.3 Å². The van der Waals surface area contributed by atoms with Crippen molar-refractivity contribution in [2.75, 3.05) is 26.4 Å². The van der Waals surface area contributed by atoms with Crippen LogP contribution in [0.25, 0.3) is 0 Å². The van der Waals surface area contributed by atoms with E-state index in [1.54, 1.807) is 6.20 Å². The average molecular weight is 422 g/mol. The predicted molar refractivity (Wildman–Crippen MR) is 106 cm³/mol. The van der Waals surface area contributed by atoms with Gasteiger partial charge in [-0.3, -0.25) is 10.2 Å². The number of hydrazine groups is 1. The molecule has 29 heavy (non-hydrogen) atoms. The van der Waals surface area contributed by atoms with E-state index >= 15 is 0 Å². The zero-order chi connectivity index (χ0) is 18.9. The molecule has 0 bridgehead atoms. The standard InChI is InChI=1S/C18H23N7O3.ClH/c26-18(14-9-25(24-22-14)12-3-5-19-6-4-12)21-17-13(8-20-23-17)11-1-2-15-16(7-11)28-10-27-15;/h1-2,7,9,12-13,17,19-20,23H,3-6,8,10H2,(H,21,26);1H. The summed E-state index contributed by atoms with van der Waals surface area (Å²) in [6, 6.07) is 6.16. The first-order valence-electron chi connectivity index (χ1n) is 9.59. The molecule has 1 aromatic carbocycles. The first-order chi connectivity index (χ1) is 13.8. The van der Waals surface area contributed by atoms with Gasteiger partial charge in [-0.25, -0.2) is 10.1 Å². The number of amides is 1. The predicted octanol–water partition coefficient (Wildman–Crippen LogP) is 0.301. The number of piperidine rings is 1. The number of nitrogens with one attached hydrogen (secondary N) is 4. The summed E-state index contributed by atoms with van der Waals surface area (Å²) < 4.78 is 12.7. The highest BCUT2D eigenvalue weighted by molar-refractivity contribution is 5.92. The van der Waals surface area contributed by atoms with Crippen LogP contribution in [-0.2, 0) is 0 Å². The van der Waals surface area contributed by atoms with E-state index in [9.17, 15) is 4.79 Å². The van der Waals surface area contributed by atoms with Gasteiger partial charge < -0.3 is 20.1 Å². The maximum atomic E-state index is 12.7. The minimum atomic E-state index is -0.267. The molecular weight excluding hydrogens is 398 g/mol. The van der Waals surface area contributed by atoms with Crippen molar-refractivity contribution in [3.8, 4) is 11.5 Å². The Bertz CT molecular complexity index is 871. The van der Waals surface area contributed by atoms with Crippen molar-refractivity contribution < 1.29 is 14.3 Å². The van der Waals surface area contributed by atoms with Crippen molar-refractivity contribution in [1.29, 1.82) is 0 Å². The Kier molecular flexibility index (Phi) is 5.86. The lowest BCUT2D eigenvalue weighted by Crippen LogP contribution is -2.46. The van der Waals surface area contributed by atoms with Crippen LogP contribution >= 0.6 is 12.4 Å². The summed E-state index contributed by atoms with van der Waals surface area (Å²) in [4.78, 5) is 12.7. The number of hydrogen-bond acceptors (Lipinski definition) is 8. The zero-order valence-electron chi connectivity index (χ0n) is 15.8. The summed E-state index contributed by atoms with van der Waals surface area (Å²) in [5.41, 5.74) is 7.63. The molecule has 156 valence electrons. The molecule has 11 heteroatoms. The molecule has 10 nitrogen and oxygen atoms in total. The zero-order valence-corrected chi connectivity index (χ0v) is 16.6. The highest BCUT2D eigenvalue weighted by Gasteiger charge is 2.31. The molecule has 4 N–H and O–H groups in total. The maximum Gasteiger partial charge on any atom is 0.274 e. The van der Waals surface area contributed by atoms with E-state index in [0.29, 0.717) is 18.3 Å². The van der Waals surface area contributed by atoms with Gasteiger partial charge in [0.15, 0.2) is 17.2 Å². The van der Waals surface area contributed by atoms with E-state index in [0.717, 1.165) is 43.0 Å². The van der Waals surface area contributed by atoms with E-state index in [-0.39, 0.29) is 37.2 Å². The van der Waals surface area contributed by atoms with Gasteiger partial charge in [0, 0.05) is 12.5 Å². The summed E-state index contributed by atoms with van der Waals surface area (Å²) >= 11 is 0. The Hall–Kier alpha value is -2.40. The van der Waals surface area contributed by atoms with Crippen molar-refractivity contribution in [1.82, 2.24) is 36.5 Å². The second-order valence-electron chi connectivity index (χ2n) is 7.26. The third-order valence-electron chi connectivity index (χ3n) is 5.52. The van der Waals surface area contributed by atoms with Crippen molar-refractivity contribution in [2.24, 2.45) is 0 Å². The highest BCUT2D eigenvalue weighted by Crippen LogP contribution is 2.35. The number of halogens is 1. The lowest BCUT2D eigenvalue weighted by atomic mass is 9.97. The molecule has 4 heterocycles. The Morgan fingerprint density at radius 1 is 1.21 bits per heavy atom. The molecule has 2 atom stereocenters. The Morgan fingerprint density at radius 2 is 2.03 bits per heavy atom. The van der Waals surface area contributed by atoms with Crippen LogP contribution in [0.3, 0.4) is 0 Å². The van der Waals surface area contributed by atoms with Crippen LogP contribution in [0, 0.1) is 0 Å². The number of benzene rings is 1. The fourth-order valence-electron chi connectivity index (χ4n) is 3.93. The van der Waals surface area contributed by atoms with E-state index < -0.39 is 0 Å². The molecule has 5 rings (SSSR count). The lowest BCUT2D eigenvalue weighted by Gasteiger charge is -2.22. The van der Waals surface area contributed by atoms with Gasteiger partial charge in [-0.1, -0.05) is 11.3 Å². The minimum Gasteiger partial charge on any atom is -0.454 e. The summed E-state index contributed by atoms with van der Waals surface area (Å²) in [5, 5.41) is 14.6. The fourth-order valence-corrected chi connectivity index (χ4v) is 3.93. The fraction of sp³-hybridized carbons (Fsp3) is 0.500. The molecule has 3 aliphatic heterocycles. The summed E-state index contributed by atoms with van der Waals surface area (Å²) in [6.07, 6.45) is 3.45. The molecule has 1 aromatic heterocycles. The van der Waals surface area contributed by atoms with E-state index in [4.69, 9.17) is 9.47 Å². The van der Waals surface area contributed by atoms with Gasteiger partial charge in [0.25, 0.3) is 5.91 Å². The average Bonchev–Trinajstić information content (AvgIpc) is 3.48. The molecule has 0 aliphatic carbocycles. The lowest BCUT2D eigenvalue weighted by molar-refractivity contribution is 0.0923.